The summed E-state index contributed by atoms with van der Waals surface area (Å²) in [4.78, 5) is 14.1. The van der Waals surface area contributed by atoms with Gasteiger partial charge in [0.15, 0.2) is 0 Å². The summed E-state index contributed by atoms with van der Waals surface area (Å²) in [6.07, 6.45) is 0. The van der Waals surface area contributed by atoms with E-state index in [1.165, 1.54) is 18.1 Å². The van der Waals surface area contributed by atoms with Crippen LogP contribution in [0.4, 0.5) is 4.39 Å². The number of para-hydroxylation sites is 1. The lowest BCUT2D eigenvalue weighted by molar-refractivity contribution is 0.0737. The molecule has 0 bridgehead atoms. The fraction of sp³-hybridized carbons (Fsp3) is 0.235. The maximum Gasteiger partial charge on any atom is 0.257 e. The molecule has 0 saturated carbocycles. The van der Waals surface area contributed by atoms with Crippen LogP contribution in [0, 0.1) is 5.82 Å². The minimum atomic E-state index is -0.372. The van der Waals surface area contributed by atoms with E-state index in [9.17, 15) is 9.18 Å². The van der Waals surface area contributed by atoms with Crippen molar-refractivity contribution in [3.63, 3.8) is 0 Å². The van der Waals surface area contributed by atoms with Gasteiger partial charge in [-0.25, -0.2) is 4.39 Å². The van der Waals surface area contributed by atoms with Crippen LogP contribution in [0.5, 0.6) is 5.75 Å². The molecule has 0 radical (unpaired) electrons. The fourth-order valence-electron chi connectivity index (χ4n) is 2.21. The van der Waals surface area contributed by atoms with Crippen LogP contribution in [0.15, 0.2) is 48.5 Å². The number of carbonyl (C=O) groups excluding carboxylic acids is 1. The summed E-state index contributed by atoms with van der Waals surface area (Å²) in [5, 5.41) is 0. The van der Waals surface area contributed by atoms with E-state index in [1.807, 2.05) is 0 Å². The molecule has 2 aromatic rings. The van der Waals surface area contributed by atoms with Crippen LogP contribution in [0.3, 0.4) is 0 Å². The van der Waals surface area contributed by atoms with E-state index in [2.05, 4.69) is 0 Å². The van der Waals surface area contributed by atoms with Crippen molar-refractivity contribution in [2.24, 2.45) is 0 Å². The average Bonchev–Trinajstić information content (AvgIpc) is 2.53. The van der Waals surface area contributed by atoms with Crippen LogP contribution < -0.4 is 4.74 Å². The zero-order valence-electron chi connectivity index (χ0n) is 12.3. The second-order valence-electron chi connectivity index (χ2n) is 4.81. The van der Waals surface area contributed by atoms with E-state index in [1.54, 1.807) is 56.4 Å². The fourth-order valence-corrected chi connectivity index (χ4v) is 2.21. The molecule has 1 atom stereocenters. The Labute approximate surface area is 124 Å². The number of methoxy groups -OCH3 is 1. The van der Waals surface area contributed by atoms with Gasteiger partial charge in [-0.3, -0.25) is 4.79 Å². The third kappa shape index (κ3) is 3.05. The Morgan fingerprint density at radius 1 is 1.14 bits per heavy atom. The Balaban J connectivity index is 2.29. The van der Waals surface area contributed by atoms with Gasteiger partial charge in [-0.05, 0) is 25.1 Å². The molecule has 21 heavy (non-hydrogen) atoms. The highest BCUT2D eigenvalue weighted by Crippen LogP contribution is 2.26. The predicted molar refractivity (Wildman–Crippen MR) is 79.9 cm³/mol. The van der Waals surface area contributed by atoms with Crippen molar-refractivity contribution in [3.05, 3.63) is 65.5 Å². The van der Waals surface area contributed by atoms with Crippen molar-refractivity contribution < 1.29 is 13.9 Å². The number of rotatable bonds is 4. The summed E-state index contributed by atoms with van der Waals surface area (Å²) >= 11 is 0. The van der Waals surface area contributed by atoms with E-state index in [-0.39, 0.29) is 17.8 Å². The molecule has 4 heteroatoms. The number of ether oxygens (including phenoxy) is 1. The Morgan fingerprint density at radius 3 is 2.43 bits per heavy atom. The monoisotopic (exact) mass is 287 g/mol. The lowest BCUT2D eigenvalue weighted by Gasteiger charge is -2.26. The molecule has 0 aliphatic carbocycles. The van der Waals surface area contributed by atoms with Crippen LogP contribution in [-0.4, -0.2) is 25.0 Å². The molecule has 110 valence electrons. The molecular formula is C17H18FNO2. The molecule has 0 N–H and O–H groups in total. The second-order valence-corrected chi connectivity index (χ2v) is 4.81. The molecule has 0 aliphatic rings. The van der Waals surface area contributed by atoms with Crippen molar-refractivity contribution in [1.82, 2.24) is 4.90 Å². The van der Waals surface area contributed by atoms with E-state index in [0.717, 1.165) is 0 Å². The Kier molecular flexibility index (Phi) is 4.58. The van der Waals surface area contributed by atoms with Gasteiger partial charge in [-0.15, -0.1) is 0 Å². The Hall–Kier alpha value is -2.36. The first kappa shape index (κ1) is 15.0. The highest BCUT2D eigenvalue weighted by atomic mass is 19.1. The van der Waals surface area contributed by atoms with Crippen molar-refractivity contribution in [3.8, 4) is 5.75 Å². The number of hydrogen-bond donors (Lipinski definition) is 0. The normalized spacial score (nSPS) is 11.8. The lowest BCUT2D eigenvalue weighted by atomic mass is 10.1. The third-order valence-corrected chi connectivity index (χ3v) is 3.59. The SMILES string of the molecule is COc1ccccc1C(=O)N(C)C(C)c1ccccc1F. The van der Waals surface area contributed by atoms with Gasteiger partial charge in [0.1, 0.15) is 11.6 Å². The summed E-state index contributed by atoms with van der Waals surface area (Å²) in [5.41, 5.74) is 0.953. The zero-order valence-corrected chi connectivity index (χ0v) is 12.3. The number of carbonyl (C=O) groups is 1. The van der Waals surface area contributed by atoms with Crippen LogP contribution in [0.25, 0.3) is 0 Å². The molecule has 0 saturated heterocycles. The van der Waals surface area contributed by atoms with Gasteiger partial charge in [-0.1, -0.05) is 30.3 Å². The largest absolute Gasteiger partial charge is 0.496 e. The molecule has 0 heterocycles. The van der Waals surface area contributed by atoms with Crippen molar-refractivity contribution >= 4 is 5.91 Å². The molecule has 3 nitrogen and oxygen atoms in total. The van der Waals surface area contributed by atoms with Crippen LogP contribution >= 0.6 is 0 Å². The van der Waals surface area contributed by atoms with Gasteiger partial charge in [0.05, 0.1) is 18.7 Å². The van der Waals surface area contributed by atoms with E-state index < -0.39 is 0 Å². The number of amides is 1. The molecule has 0 spiro atoms. The standard InChI is InChI=1S/C17H18FNO2/c1-12(13-8-4-6-10-15(13)18)19(2)17(20)14-9-5-7-11-16(14)21-3/h4-12H,1-3H3. The van der Waals surface area contributed by atoms with Gasteiger partial charge in [0, 0.05) is 12.6 Å². The first-order valence-corrected chi connectivity index (χ1v) is 6.71. The van der Waals surface area contributed by atoms with E-state index >= 15 is 0 Å². The predicted octanol–water partition coefficient (Wildman–Crippen LogP) is 3.67. The summed E-state index contributed by atoms with van der Waals surface area (Å²) < 4.78 is 19.1. The summed E-state index contributed by atoms with van der Waals surface area (Å²) in [6.45, 7) is 1.80. The van der Waals surface area contributed by atoms with Gasteiger partial charge < -0.3 is 9.64 Å². The zero-order chi connectivity index (χ0) is 15.4. The third-order valence-electron chi connectivity index (χ3n) is 3.59. The molecule has 2 aromatic carbocycles. The highest BCUT2D eigenvalue weighted by molar-refractivity contribution is 5.97. The van der Waals surface area contributed by atoms with Crippen LogP contribution in [0.1, 0.15) is 28.9 Å². The molecule has 0 aliphatic heterocycles. The van der Waals surface area contributed by atoms with Crippen LogP contribution in [0.2, 0.25) is 0 Å². The summed E-state index contributed by atoms with van der Waals surface area (Å²) in [7, 11) is 3.18. The number of benzene rings is 2. The Bertz CT molecular complexity index is 642. The lowest BCUT2D eigenvalue weighted by Crippen LogP contribution is -2.30. The van der Waals surface area contributed by atoms with Crippen molar-refractivity contribution in [2.75, 3.05) is 14.2 Å². The molecular weight excluding hydrogens is 269 g/mol. The number of halogens is 1. The van der Waals surface area contributed by atoms with Gasteiger partial charge in [0.2, 0.25) is 0 Å². The number of hydrogen-bond acceptors (Lipinski definition) is 2. The van der Waals surface area contributed by atoms with Crippen molar-refractivity contribution in [2.45, 2.75) is 13.0 Å². The maximum absolute atomic E-state index is 13.8. The minimum absolute atomic E-state index is 0.205. The Morgan fingerprint density at radius 2 is 1.76 bits per heavy atom. The summed E-state index contributed by atoms with van der Waals surface area (Å²) in [6, 6.07) is 13.1. The minimum Gasteiger partial charge on any atom is -0.496 e. The number of nitrogens with zero attached hydrogens (tertiary/aromatic N) is 1. The van der Waals surface area contributed by atoms with Gasteiger partial charge in [0.25, 0.3) is 5.91 Å². The van der Waals surface area contributed by atoms with Crippen LogP contribution in [-0.2, 0) is 0 Å². The maximum atomic E-state index is 13.8. The smallest absolute Gasteiger partial charge is 0.257 e. The quantitative estimate of drug-likeness (QED) is 0.858. The van der Waals surface area contributed by atoms with Crippen molar-refractivity contribution in [1.29, 1.82) is 0 Å². The molecule has 0 aromatic heterocycles. The first-order valence-electron chi connectivity index (χ1n) is 6.71. The van der Waals surface area contributed by atoms with E-state index in [4.69, 9.17) is 4.74 Å². The second kappa shape index (κ2) is 6.39. The molecule has 1 unspecified atom stereocenters. The highest BCUT2D eigenvalue weighted by Gasteiger charge is 2.23. The first-order chi connectivity index (χ1) is 10.1. The molecule has 2 rings (SSSR count). The van der Waals surface area contributed by atoms with Gasteiger partial charge >= 0.3 is 0 Å². The summed E-state index contributed by atoms with van der Waals surface area (Å²) in [5.74, 6) is -0.0111. The topological polar surface area (TPSA) is 29.5 Å². The molecule has 1 amide bonds. The average molecular weight is 287 g/mol. The van der Waals surface area contributed by atoms with E-state index in [0.29, 0.717) is 16.9 Å². The molecule has 0 fully saturated rings. The van der Waals surface area contributed by atoms with Gasteiger partial charge in [-0.2, -0.15) is 0 Å².